The molecule has 0 amide bonds. The van der Waals surface area contributed by atoms with E-state index in [2.05, 4.69) is 21.7 Å². The molecule has 5 heteroatoms. The molecule has 0 spiro atoms. The van der Waals surface area contributed by atoms with E-state index in [9.17, 15) is 4.79 Å². The van der Waals surface area contributed by atoms with E-state index in [1.165, 1.54) is 12.8 Å². The van der Waals surface area contributed by atoms with E-state index < -0.39 is 0 Å². The summed E-state index contributed by atoms with van der Waals surface area (Å²) in [6.45, 7) is 2.81. The molecule has 5 rings (SSSR count). The Balaban J connectivity index is 1.56. The van der Waals surface area contributed by atoms with Gasteiger partial charge in [-0.15, -0.1) is 0 Å². The summed E-state index contributed by atoms with van der Waals surface area (Å²) in [7, 11) is 0. The van der Waals surface area contributed by atoms with Crippen LogP contribution in [0.4, 0.5) is 0 Å². The lowest BCUT2D eigenvalue weighted by Gasteiger charge is -2.19. The second-order valence-electron chi connectivity index (χ2n) is 7.22. The molecular weight excluding hydrogens is 336 g/mol. The molecule has 0 radical (unpaired) electrons. The van der Waals surface area contributed by atoms with Crippen molar-refractivity contribution in [1.82, 2.24) is 19.4 Å². The molecule has 134 valence electrons. The minimum absolute atomic E-state index is 0.0698. The maximum absolute atomic E-state index is 13.0. The van der Waals surface area contributed by atoms with E-state index in [1.807, 2.05) is 41.0 Å². The van der Waals surface area contributed by atoms with Crippen LogP contribution in [0.5, 0.6) is 0 Å². The lowest BCUT2D eigenvalue weighted by Crippen LogP contribution is -2.31. The van der Waals surface area contributed by atoms with Crippen molar-refractivity contribution in [3.63, 3.8) is 0 Å². The Labute approximate surface area is 157 Å². The standard InChI is InChI=1S/C22H20N4O/c27-22-19-9-7-16(6-8-17-4-1-2-10-23-17)14-20(19)24-21-15-18-5-3-11-25(18)12-13-26(21)22/h1-2,4,7,9-10,14,18H,3,5,11-13,15H2. The molecule has 4 heterocycles. The fraction of sp³-hybridized carbons (Fsp3) is 0.318. The first-order chi connectivity index (χ1) is 13.3. The molecular formula is C22H20N4O. The normalized spacial score (nSPS) is 19.0. The number of hydrogen-bond donors (Lipinski definition) is 0. The van der Waals surface area contributed by atoms with Crippen molar-refractivity contribution >= 4 is 10.9 Å². The van der Waals surface area contributed by atoms with E-state index in [0.717, 1.165) is 48.7 Å². The Bertz CT molecular complexity index is 1120. The molecule has 2 aliphatic rings. The second-order valence-corrected chi connectivity index (χ2v) is 7.22. The SMILES string of the molecule is O=c1c2ccc(C#Cc3ccccn3)cc2nc2n1CCN1CCCC1C2. The van der Waals surface area contributed by atoms with Gasteiger partial charge in [0.1, 0.15) is 11.5 Å². The van der Waals surface area contributed by atoms with Crippen LogP contribution in [-0.4, -0.2) is 38.6 Å². The van der Waals surface area contributed by atoms with Crippen molar-refractivity contribution in [2.24, 2.45) is 0 Å². The first-order valence-corrected chi connectivity index (χ1v) is 9.48. The summed E-state index contributed by atoms with van der Waals surface area (Å²) in [4.78, 5) is 24.6. The largest absolute Gasteiger partial charge is 0.298 e. The van der Waals surface area contributed by atoms with Gasteiger partial charge in [-0.25, -0.2) is 9.97 Å². The number of aromatic nitrogens is 3. The predicted molar refractivity (Wildman–Crippen MR) is 105 cm³/mol. The third kappa shape index (κ3) is 3.02. The molecule has 1 saturated heterocycles. The Hall–Kier alpha value is -2.97. The van der Waals surface area contributed by atoms with Crippen LogP contribution in [0.1, 0.15) is 29.9 Å². The van der Waals surface area contributed by atoms with Gasteiger partial charge in [0.05, 0.1) is 10.9 Å². The first-order valence-electron chi connectivity index (χ1n) is 9.48. The van der Waals surface area contributed by atoms with Crippen LogP contribution in [0.25, 0.3) is 10.9 Å². The van der Waals surface area contributed by atoms with Crippen molar-refractivity contribution in [3.05, 3.63) is 70.0 Å². The molecule has 2 aromatic heterocycles. The predicted octanol–water partition coefficient (Wildman–Crippen LogP) is 2.21. The maximum Gasteiger partial charge on any atom is 0.261 e. The zero-order valence-electron chi connectivity index (χ0n) is 15.1. The van der Waals surface area contributed by atoms with Gasteiger partial charge < -0.3 is 0 Å². The summed E-state index contributed by atoms with van der Waals surface area (Å²) < 4.78 is 1.87. The van der Waals surface area contributed by atoms with Crippen molar-refractivity contribution in [2.75, 3.05) is 13.1 Å². The van der Waals surface area contributed by atoms with E-state index >= 15 is 0 Å². The van der Waals surface area contributed by atoms with Gasteiger partial charge in [0.15, 0.2) is 0 Å². The van der Waals surface area contributed by atoms with Crippen LogP contribution in [-0.2, 0) is 13.0 Å². The van der Waals surface area contributed by atoms with Crippen molar-refractivity contribution < 1.29 is 0 Å². The number of nitrogens with zero attached hydrogens (tertiary/aromatic N) is 4. The van der Waals surface area contributed by atoms with Gasteiger partial charge >= 0.3 is 0 Å². The highest BCUT2D eigenvalue weighted by Gasteiger charge is 2.29. The number of benzene rings is 1. The summed E-state index contributed by atoms with van der Waals surface area (Å²) in [6.07, 6.45) is 5.03. The average Bonchev–Trinajstić information content (AvgIpc) is 3.06. The second kappa shape index (κ2) is 6.64. The summed E-state index contributed by atoms with van der Waals surface area (Å²) in [5.41, 5.74) is 2.39. The van der Waals surface area contributed by atoms with Crippen LogP contribution >= 0.6 is 0 Å². The Morgan fingerprint density at radius 3 is 2.93 bits per heavy atom. The van der Waals surface area contributed by atoms with E-state index in [1.54, 1.807) is 6.20 Å². The maximum atomic E-state index is 13.0. The van der Waals surface area contributed by atoms with Gasteiger partial charge in [-0.3, -0.25) is 14.3 Å². The molecule has 2 aliphatic heterocycles. The zero-order valence-corrected chi connectivity index (χ0v) is 15.1. The van der Waals surface area contributed by atoms with Crippen LogP contribution in [0.3, 0.4) is 0 Å². The number of hydrogen-bond acceptors (Lipinski definition) is 4. The van der Waals surface area contributed by atoms with Crippen molar-refractivity contribution in [3.8, 4) is 11.8 Å². The topological polar surface area (TPSA) is 51.0 Å². The fourth-order valence-corrected chi connectivity index (χ4v) is 4.16. The highest BCUT2D eigenvalue weighted by molar-refractivity contribution is 5.79. The lowest BCUT2D eigenvalue weighted by molar-refractivity contribution is 0.258. The Kier molecular flexibility index (Phi) is 3.99. The molecule has 5 nitrogen and oxygen atoms in total. The number of rotatable bonds is 0. The summed E-state index contributed by atoms with van der Waals surface area (Å²) in [6, 6.07) is 11.9. The molecule has 0 N–H and O–H groups in total. The highest BCUT2D eigenvalue weighted by Crippen LogP contribution is 2.23. The average molecular weight is 356 g/mol. The van der Waals surface area contributed by atoms with Gasteiger partial charge in [-0.05, 0) is 55.6 Å². The summed E-state index contributed by atoms with van der Waals surface area (Å²) in [5, 5.41) is 0.671. The smallest absolute Gasteiger partial charge is 0.261 e. The molecule has 0 aliphatic carbocycles. The quantitative estimate of drug-likeness (QED) is 0.580. The van der Waals surface area contributed by atoms with Crippen LogP contribution in [0.15, 0.2) is 47.4 Å². The Morgan fingerprint density at radius 2 is 2.04 bits per heavy atom. The van der Waals surface area contributed by atoms with Gasteiger partial charge in [0.25, 0.3) is 5.56 Å². The zero-order chi connectivity index (χ0) is 18.2. The van der Waals surface area contributed by atoms with Crippen LogP contribution in [0.2, 0.25) is 0 Å². The third-order valence-electron chi connectivity index (χ3n) is 5.56. The fourth-order valence-electron chi connectivity index (χ4n) is 4.16. The van der Waals surface area contributed by atoms with E-state index in [0.29, 0.717) is 11.4 Å². The van der Waals surface area contributed by atoms with E-state index in [-0.39, 0.29) is 5.56 Å². The molecule has 0 bridgehead atoms. The molecule has 1 fully saturated rings. The minimum atomic E-state index is 0.0698. The molecule has 27 heavy (non-hydrogen) atoms. The van der Waals surface area contributed by atoms with Gasteiger partial charge in [-0.1, -0.05) is 12.0 Å². The summed E-state index contributed by atoms with van der Waals surface area (Å²) >= 11 is 0. The molecule has 1 unspecified atom stereocenters. The highest BCUT2D eigenvalue weighted by atomic mass is 16.1. The number of fused-ring (bicyclic) bond motifs is 3. The van der Waals surface area contributed by atoms with Crippen molar-refractivity contribution in [1.29, 1.82) is 0 Å². The first kappa shape index (κ1) is 16.2. The molecule has 1 aromatic carbocycles. The lowest BCUT2D eigenvalue weighted by atomic mass is 10.1. The van der Waals surface area contributed by atoms with Gasteiger partial charge in [0, 0.05) is 37.3 Å². The molecule has 3 aromatic rings. The monoisotopic (exact) mass is 356 g/mol. The Morgan fingerprint density at radius 1 is 1.07 bits per heavy atom. The van der Waals surface area contributed by atoms with E-state index in [4.69, 9.17) is 4.98 Å². The van der Waals surface area contributed by atoms with Crippen LogP contribution < -0.4 is 5.56 Å². The van der Waals surface area contributed by atoms with Gasteiger partial charge in [-0.2, -0.15) is 0 Å². The van der Waals surface area contributed by atoms with Gasteiger partial charge in [0.2, 0.25) is 0 Å². The van der Waals surface area contributed by atoms with Crippen molar-refractivity contribution in [2.45, 2.75) is 31.8 Å². The third-order valence-corrected chi connectivity index (χ3v) is 5.56. The molecule has 1 atom stereocenters. The minimum Gasteiger partial charge on any atom is -0.298 e. The van der Waals surface area contributed by atoms with Crippen LogP contribution in [0, 0.1) is 11.8 Å². The summed E-state index contributed by atoms with van der Waals surface area (Å²) in [5.74, 6) is 7.11. The molecule has 0 saturated carbocycles. The number of pyridine rings is 1.